The molecule has 0 bridgehead atoms. The van der Waals surface area contributed by atoms with E-state index in [0.717, 1.165) is 19.2 Å². The second kappa shape index (κ2) is 6.29. The minimum Gasteiger partial charge on any atom is -0.329 e. The summed E-state index contributed by atoms with van der Waals surface area (Å²) in [6, 6.07) is 2.27. The van der Waals surface area contributed by atoms with Crippen molar-refractivity contribution in [3.8, 4) is 0 Å². The van der Waals surface area contributed by atoms with Crippen LogP contribution in [-0.2, 0) is 6.18 Å². The van der Waals surface area contributed by atoms with Gasteiger partial charge in [-0.2, -0.15) is 13.2 Å². The van der Waals surface area contributed by atoms with Crippen LogP contribution in [0, 0.1) is 5.82 Å². The van der Waals surface area contributed by atoms with E-state index in [4.69, 9.17) is 5.73 Å². The number of benzene rings is 1. The average molecular weight is 305 g/mol. The Labute approximate surface area is 121 Å². The second-order valence-corrected chi connectivity index (χ2v) is 5.32. The highest BCUT2D eigenvalue weighted by Gasteiger charge is 2.37. The summed E-state index contributed by atoms with van der Waals surface area (Å²) in [6.07, 6.45) is -4.59. The maximum atomic E-state index is 13.2. The number of alkyl halides is 3. The second-order valence-electron chi connectivity index (χ2n) is 5.32. The van der Waals surface area contributed by atoms with E-state index in [2.05, 4.69) is 4.90 Å². The first-order valence-electron chi connectivity index (χ1n) is 6.82. The van der Waals surface area contributed by atoms with Gasteiger partial charge >= 0.3 is 6.18 Å². The maximum absolute atomic E-state index is 13.2. The maximum Gasteiger partial charge on any atom is 0.416 e. The van der Waals surface area contributed by atoms with Crippen molar-refractivity contribution in [3.05, 3.63) is 35.1 Å². The van der Waals surface area contributed by atoms with Crippen LogP contribution in [0.4, 0.5) is 17.6 Å². The molecular weight excluding hydrogens is 286 g/mol. The Kier molecular flexibility index (Phi) is 4.85. The predicted octanol–water partition coefficient (Wildman–Crippen LogP) is 2.09. The highest BCUT2D eigenvalue weighted by atomic mass is 19.4. The van der Waals surface area contributed by atoms with Crippen molar-refractivity contribution in [2.45, 2.75) is 12.2 Å². The fourth-order valence-electron chi connectivity index (χ4n) is 2.67. The van der Waals surface area contributed by atoms with Gasteiger partial charge in [0.05, 0.1) is 5.56 Å². The Hall–Kier alpha value is -1.18. The number of halogens is 4. The van der Waals surface area contributed by atoms with E-state index in [1.165, 1.54) is 6.07 Å². The Balaban J connectivity index is 2.34. The molecule has 1 atom stereocenters. The van der Waals surface area contributed by atoms with Crippen LogP contribution in [0.3, 0.4) is 0 Å². The summed E-state index contributed by atoms with van der Waals surface area (Å²) in [7, 11) is 1.97. The van der Waals surface area contributed by atoms with Gasteiger partial charge in [0.2, 0.25) is 0 Å². The molecule has 0 amide bonds. The summed E-state index contributed by atoms with van der Waals surface area (Å²) in [5.41, 5.74) is 4.82. The lowest BCUT2D eigenvalue weighted by Crippen LogP contribution is -2.47. The Bertz CT molecular complexity index is 482. The van der Waals surface area contributed by atoms with E-state index in [1.54, 1.807) is 0 Å². The van der Waals surface area contributed by atoms with Gasteiger partial charge in [-0.15, -0.1) is 0 Å². The van der Waals surface area contributed by atoms with Gasteiger partial charge in [-0.3, -0.25) is 4.90 Å². The number of likely N-dealkylation sites (N-methyl/N-ethyl adjacent to an activating group) is 1. The quantitative estimate of drug-likeness (QED) is 0.868. The summed E-state index contributed by atoms with van der Waals surface area (Å²) in [4.78, 5) is 4.04. The zero-order valence-corrected chi connectivity index (χ0v) is 11.8. The molecule has 0 spiro atoms. The molecule has 0 aromatic heterocycles. The zero-order chi connectivity index (χ0) is 15.6. The lowest BCUT2D eigenvalue weighted by molar-refractivity contribution is -0.139. The van der Waals surface area contributed by atoms with Crippen molar-refractivity contribution in [2.24, 2.45) is 5.73 Å². The summed E-state index contributed by atoms with van der Waals surface area (Å²) < 4.78 is 52.5. The first-order valence-corrected chi connectivity index (χ1v) is 6.82. The molecule has 3 nitrogen and oxygen atoms in total. The molecule has 0 aliphatic carbocycles. The van der Waals surface area contributed by atoms with Gasteiger partial charge in [0.15, 0.2) is 0 Å². The molecule has 7 heteroatoms. The number of hydrogen-bond acceptors (Lipinski definition) is 3. The smallest absolute Gasteiger partial charge is 0.329 e. The van der Waals surface area contributed by atoms with Crippen LogP contribution >= 0.6 is 0 Å². The van der Waals surface area contributed by atoms with Crippen molar-refractivity contribution in [2.75, 3.05) is 39.8 Å². The number of hydrogen-bond donors (Lipinski definition) is 1. The molecule has 1 fully saturated rings. The van der Waals surface area contributed by atoms with E-state index in [0.29, 0.717) is 19.2 Å². The van der Waals surface area contributed by atoms with Crippen molar-refractivity contribution < 1.29 is 17.6 Å². The third kappa shape index (κ3) is 3.72. The molecular formula is C14H19F4N3. The topological polar surface area (TPSA) is 32.5 Å². The molecule has 1 aromatic carbocycles. The fourth-order valence-corrected chi connectivity index (χ4v) is 2.67. The molecule has 0 saturated carbocycles. The molecule has 1 heterocycles. The molecule has 1 aromatic rings. The molecule has 2 N–H and O–H groups in total. The van der Waals surface area contributed by atoms with Gasteiger partial charge in [0, 0.05) is 38.8 Å². The van der Waals surface area contributed by atoms with Gasteiger partial charge < -0.3 is 10.6 Å². The number of nitrogens with two attached hydrogens (primary N) is 1. The van der Waals surface area contributed by atoms with Crippen LogP contribution in [0.25, 0.3) is 0 Å². The minimum atomic E-state index is -4.59. The van der Waals surface area contributed by atoms with E-state index in [9.17, 15) is 17.6 Å². The Morgan fingerprint density at radius 2 is 1.81 bits per heavy atom. The molecule has 2 rings (SSSR count). The average Bonchev–Trinajstić information content (AvgIpc) is 2.42. The van der Waals surface area contributed by atoms with Crippen LogP contribution in [0.15, 0.2) is 18.2 Å². The van der Waals surface area contributed by atoms with Crippen molar-refractivity contribution in [1.82, 2.24) is 9.80 Å². The molecule has 1 aliphatic heterocycles. The van der Waals surface area contributed by atoms with Crippen molar-refractivity contribution >= 4 is 0 Å². The lowest BCUT2D eigenvalue weighted by atomic mass is 9.97. The van der Waals surface area contributed by atoms with Gasteiger partial charge in [-0.05, 0) is 24.7 Å². The normalized spacial score (nSPS) is 19.7. The molecule has 118 valence electrons. The lowest BCUT2D eigenvalue weighted by Gasteiger charge is -2.38. The van der Waals surface area contributed by atoms with E-state index in [1.807, 2.05) is 11.9 Å². The Morgan fingerprint density at radius 3 is 2.33 bits per heavy atom. The van der Waals surface area contributed by atoms with Crippen LogP contribution in [0.2, 0.25) is 0 Å². The first-order chi connectivity index (χ1) is 9.82. The summed E-state index contributed by atoms with van der Waals surface area (Å²) in [6.45, 7) is 2.91. The van der Waals surface area contributed by atoms with Crippen LogP contribution in [0.1, 0.15) is 17.2 Å². The Morgan fingerprint density at radius 1 is 1.19 bits per heavy atom. The van der Waals surface area contributed by atoms with Gasteiger partial charge in [-0.1, -0.05) is 6.07 Å². The predicted molar refractivity (Wildman–Crippen MR) is 72.3 cm³/mol. The van der Waals surface area contributed by atoms with Crippen molar-refractivity contribution in [1.29, 1.82) is 0 Å². The molecule has 1 aliphatic rings. The molecule has 1 unspecified atom stereocenters. The zero-order valence-electron chi connectivity index (χ0n) is 11.8. The van der Waals surface area contributed by atoms with Crippen LogP contribution in [-0.4, -0.2) is 49.6 Å². The largest absolute Gasteiger partial charge is 0.416 e. The molecule has 21 heavy (non-hydrogen) atoms. The summed E-state index contributed by atoms with van der Waals surface area (Å²) in [5.74, 6) is -0.889. The minimum absolute atomic E-state index is 0.0518. The SMILES string of the molecule is CN1CCN(C(CN)c2ccc(F)cc2C(F)(F)F)CC1. The van der Waals surface area contributed by atoms with E-state index in [-0.39, 0.29) is 12.1 Å². The first kappa shape index (κ1) is 16.2. The number of nitrogens with zero attached hydrogens (tertiary/aromatic N) is 2. The van der Waals surface area contributed by atoms with Crippen LogP contribution < -0.4 is 5.73 Å². The fraction of sp³-hybridized carbons (Fsp3) is 0.571. The highest BCUT2D eigenvalue weighted by Crippen LogP contribution is 2.36. The van der Waals surface area contributed by atoms with Crippen LogP contribution in [0.5, 0.6) is 0 Å². The van der Waals surface area contributed by atoms with E-state index >= 15 is 0 Å². The molecule has 1 saturated heterocycles. The summed E-state index contributed by atoms with van der Waals surface area (Å²) >= 11 is 0. The summed E-state index contributed by atoms with van der Waals surface area (Å²) in [5, 5.41) is 0. The third-order valence-corrected chi connectivity index (χ3v) is 3.88. The van der Waals surface area contributed by atoms with Gasteiger partial charge in [0.1, 0.15) is 5.82 Å². The third-order valence-electron chi connectivity index (χ3n) is 3.88. The van der Waals surface area contributed by atoms with Gasteiger partial charge in [0.25, 0.3) is 0 Å². The van der Waals surface area contributed by atoms with Gasteiger partial charge in [-0.25, -0.2) is 4.39 Å². The number of rotatable bonds is 3. The van der Waals surface area contributed by atoms with Crippen molar-refractivity contribution in [3.63, 3.8) is 0 Å². The van der Waals surface area contributed by atoms with E-state index < -0.39 is 23.6 Å². The monoisotopic (exact) mass is 305 g/mol. The number of piperazine rings is 1. The highest BCUT2D eigenvalue weighted by molar-refractivity contribution is 5.33. The molecule has 0 radical (unpaired) electrons. The standard InChI is InChI=1S/C14H19F4N3/c1-20-4-6-21(7-5-20)13(9-19)11-3-2-10(15)8-12(11)14(16,17)18/h2-3,8,13H,4-7,9,19H2,1H3.